The number of aliphatic hydroxyl groups excluding tert-OH is 1. The number of piperidine rings is 1. The second-order valence-electron chi connectivity index (χ2n) is 6.04. The lowest BCUT2D eigenvalue weighted by atomic mass is 9.82. The summed E-state index contributed by atoms with van der Waals surface area (Å²) in [4.78, 5) is 14.3. The Balaban J connectivity index is 1.96. The molecule has 0 aliphatic carbocycles. The quantitative estimate of drug-likeness (QED) is 0.872. The summed E-state index contributed by atoms with van der Waals surface area (Å²) in [6, 6.07) is 1.44. The molecule has 0 spiro atoms. The third kappa shape index (κ3) is 3.37. The SMILES string of the molecule is Cc1cc(NC(=O)[C@H](C)N2CCC[C@@](C)(CO)C2)on1. The maximum Gasteiger partial charge on any atom is 0.243 e. The van der Waals surface area contributed by atoms with E-state index in [2.05, 4.69) is 22.3 Å². The van der Waals surface area contributed by atoms with Crippen molar-refractivity contribution in [1.82, 2.24) is 10.1 Å². The Kier molecular flexibility index (Phi) is 4.45. The second-order valence-corrected chi connectivity index (χ2v) is 6.04. The lowest BCUT2D eigenvalue weighted by Gasteiger charge is -2.41. The van der Waals surface area contributed by atoms with Gasteiger partial charge in [-0.2, -0.15) is 0 Å². The molecule has 2 atom stereocenters. The molecule has 0 bridgehead atoms. The monoisotopic (exact) mass is 281 g/mol. The fraction of sp³-hybridized carbons (Fsp3) is 0.714. The number of aryl methyl sites for hydroxylation is 1. The molecular weight excluding hydrogens is 258 g/mol. The molecule has 1 saturated heterocycles. The summed E-state index contributed by atoms with van der Waals surface area (Å²) < 4.78 is 4.99. The average molecular weight is 281 g/mol. The predicted octanol–water partition coefficient (Wildman–Crippen LogP) is 1.40. The molecule has 6 nitrogen and oxygen atoms in total. The lowest BCUT2D eigenvalue weighted by molar-refractivity contribution is -0.122. The molecule has 0 aromatic carbocycles. The van der Waals surface area contributed by atoms with E-state index in [0.29, 0.717) is 5.88 Å². The van der Waals surface area contributed by atoms with Gasteiger partial charge in [-0.15, -0.1) is 0 Å². The van der Waals surface area contributed by atoms with Gasteiger partial charge in [0.2, 0.25) is 11.8 Å². The Morgan fingerprint density at radius 3 is 3.05 bits per heavy atom. The maximum atomic E-state index is 12.2. The van der Waals surface area contributed by atoms with Crippen LogP contribution in [-0.4, -0.2) is 46.8 Å². The molecule has 6 heteroatoms. The minimum Gasteiger partial charge on any atom is -0.396 e. The maximum absolute atomic E-state index is 12.2. The van der Waals surface area contributed by atoms with Crippen LogP contribution >= 0.6 is 0 Å². The predicted molar refractivity (Wildman–Crippen MR) is 75.3 cm³/mol. The minimum atomic E-state index is -0.258. The van der Waals surface area contributed by atoms with Crippen molar-refractivity contribution in [2.24, 2.45) is 5.41 Å². The molecule has 1 fully saturated rings. The number of hydrogen-bond donors (Lipinski definition) is 2. The zero-order valence-electron chi connectivity index (χ0n) is 12.3. The number of nitrogens with one attached hydrogen (secondary N) is 1. The molecule has 2 N–H and O–H groups in total. The van der Waals surface area contributed by atoms with E-state index in [1.165, 1.54) is 0 Å². The van der Waals surface area contributed by atoms with Crippen LogP contribution in [0.1, 0.15) is 32.4 Å². The molecule has 1 aliphatic rings. The first kappa shape index (κ1) is 15.0. The minimum absolute atomic E-state index is 0.108. The number of anilines is 1. The van der Waals surface area contributed by atoms with Crippen LogP contribution in [0.15, 0.2) is 10.6 Å². The summed E-state index contributed by atoms with van der Waals surface area (Å²) in [5, 5.41) is 16.0. The summed E-state index contributed by atoms with van der Waals surface area (Å²) in [5.74, 6) is 0.268. The van der Waals surface area contributed by atoms with Crippen LogP contribution in [0.25, 0.3) is 0 Å². The summed E-state index contributed by atoms with van der Waals surface area (Å²) in [7, 11) is 0. The van der Waals surface area contributed by atoms with Gasteiger partial charge in [-0.1, -0.05) is 12.1 Å². The third-order valence-electron chi connectivity index (χ3n) is 3.99. The Bertz CT molecular complexity index is 474. The number of carbonyl (C=O) groups excluding carboxylic acids is 1. The van der Waals surface area contributed by atoms with Crippen LogP contribution in [0.3, 0.4) is 0 Å². The zero-order chi connectivity index (χ0) is 14.8. The number of carbonyl (C=O) groups is 1. The Labute approximate surface area is 119 Å². The molecule has 0 saturated carbocycles. The van der Waals surface area contributed by atoms with Crippen molar-refractivity contribution in [2.45, 2.75) is 39.7 Å². The number of likely N-dealkylation sites (tertiary alicyclic amines) is 1. The lowest BCUT2D eigenvalue weighted by Crippen LogP contribution is -2.51. The zero-order valence-corrected chi connectivity index (χ0v) is 12.3. The van der Waals surface area contributed by atoms with Gasteiger partial charge in [0.1, 0.15) is 0 Å². The van der Waals surface area contributed by atoms with Gasteiger partial charge in [-0.3, -0.25) is 15.0 Å². The molecule has 2 rings (SSSR count). The number of aliphatic hydroxyl groups is 1. The average Bonchev–Trinajstić information content (AvgIpc) is 2.83. The standard InChI is InChI=1S/C14H23N3O3/c1-10-7-12(20-16-10)15-13(19)11(2)17-6-4-5-14(3,8-17)9-18/h7,11,18H,4-6,8-9H2,1-3H3,(H,15,19)/t11-,14+/m0/s1. The topological polar surface area (TPSA) is 78.6 Å². The van der Waals surface area contributed by atoms with Crippen molar-refractivity contribution in [1.29, 1.82) is 0 Å². The van der Waals surface area contributed by atoms with Crippen molar-refractivity contribution < 1.29 is 14.4 Å². The molecular formula is C14H23N3O3. The largest absolute Gasteiger partial charge is 0.396 e. The summed E-state index contributed by atoms with van der Waals surface area (Å²) >= 11 is 0. The Morgan fingerprint density at radius 1 is 1.70 bits per heavy atom. The van der Waals surface area contributed by atoms with E-state index in [1.807, 2.05) is 6.92 Å². The van der Waals surface area contributed by atoms with Crippen molar-refractivity contribution in [3.8, 4) is 0 Å². The molecule has 0 unspecified atom stereocenters. The summed E-state index contributed by atoms with van der Waals surface area (Å²) in [6.07, 6.45) is 1.99. The number of aromatic nitrogens is 1. The van der Waals surface area contributed by atoms with Crippen LogP contribution in [0.4, 0.5) is 5.88 Å². The number of rotatable bonds is 4. The molecule has 2 heterocycles. The van der Waals surface area contributed by atoms with Gasteiger partial charge in [0, 0.05) is 24.6 Å². The van der Waals surface area contributed by atoms with Gasteiger partial charge in [-0.25, -0.2) is 0 Å². The highest BCUT2D eigenvalue weighted by atomic mass is 16.5. The van der Waals surface area contributed by atoms with Gasteiger partial charge in [0.05, 0.1) is 11.7 Å². The summed E-state index contributed by atoms with van der Waals surface area (Å²) in [6.45, 7) is 7.50. The van der Waals surface area contributed by atoms with Crippen LogP contribution in [0.5, 0.6) is 0 Å². The normalized spacial score (nSPS) is 25.4. The van der Waals surface area contributed by atoms with E-state index in [9.17, 15) is 9.90 Å². The Hall–Kier alpha value is -1.40. The van der Waals surface area contributed by atoms with Crippen molar-refractivity contribution in [3.63, 3.8) is 0 Å². The molecule has 1 aromatic heterocycles. The first-order valence-corrected chi connectivity index (χ1v) is 7.03. The van der Waals surface area contributed by atoms with E-state index in [-0.39, 0.29) is 24.0 Å². The number of amides is 1. The highest BCUT2D eigenvalue weighted by molar-refractivity contribution is 5.93. The first-order valence-electron chi connectivity index (χ1n) is 7.03. The van der Waals surface area contributed by atoms with Gasteiger partial charge in [0.25, 0.3) is 0 Å². The van der Waals surface area contributed by atoms with Crippen molar-refractivity contribution in [3.05, 3.63) is 11.8 Å². The van der Waals surface area contributed by atoms with Gasteiger partial charge in [0.15, 0.2) is 0 Å². The molecule has 0 radical (unpaired) electrons. The third-order valence-corrected chi connectivity index (χ3v) is 3.99. The van der Waals surface area contributed by atoms with E-state index in [1.54, 1.807) is 13.0 Å². The number of hydrogen-bond acceptors (Lipinski definition) is 5. The van der Waals surface area contributed by atoms with Crippen LogP contribution in [0.2, 0.25) is 0 Å². The van der Waals surface area contributed by atoms with Gasteiger partial charge < -0.3 is 9.63 Å². The molecule has 20 heavy (non-hydrogen) atoms. The van der Waals surface area contributed by atoms with Crippen molar-refractivity contribution >= 4 is 11.8 Å². The highest BCUT2D eigenvalue weighted by Crippen LogP contribution is 2.29. The Morgan fingerprint density at radius 2 is 2.45 bits per heavy atom. The van der Waals surface area contributed by atoms with Crippen molar-refractivity contribution in [2.75, 3.05) is 25.0 Å². The van der Waals surface area contributed by atoms with Crippen LogP contribution in [-0.2, 0) is 4.79 Å². The number of nitrogens with zero attached hydrogens (tertiary/aromatic N) is 2. The second kappa shape index (κ2) is 5.93. The molecule has 1 aliphatic heterocycles. The smallest absolute Gasteiger partial charge is 0.243 e. The fourth-order valence-electron chi connectivity index (χ4n) is 2.63. The van der Waals surface area contributed by atoms with Crippen LogP contribution in [0, 0.1) is 12.3 Å². The molecule has 1 amide bonds. The van der Waals surface area contributed by atoms with Gasteiger partial charge >= 0.3 is 0 Å². The molecule has 112 valence electrons. The first-order chi connectivity index (χ1) is 9.43. The van der Waals surface area contributed by atoms with E-state index in [0.717, 1.165) is 31.6 Å². The molecule has 1 aromatic rings. The van der Waals surface area contributed by atoms with E-state index >= 15 is 0 Å². The van der Waals surface area contributed by atoms with Crippen LogP contribution < -0.4 is 5.32 Å². The van der Waals surface area contributed by atoms with E-state index < -0.39 is 0 Å². The highest BCUT2D eigenvalue weighted by Gasteiger charge is 2.34. The fourth-order valence-corrected chi connectivity index (χ4v) is 2.63. The van der Waals surface area contributed by atoms with Gasteiger partial charge in [-0.05, 0) is 33.2 Å². The summed E-state index contributed by atoms with van der Waals surface area (Å²) in [5.41, 5.74) is 0.620. The van der Waals surface area contributed by atoms with E-state index in [4.69, 9.17) is 4.52 Å².